The standard InChI is InChI=1S/C11H21NO2Si/c1-11(2,3)15(4,5)14-9-7-10(13)6-8-12/h6-7,9H2,1-5H3. The topological polar surface area (TPSA) is 50.1 Å². The molecule has 0 aromatic heterocycles. The van der Waals surface area contributed by atoms with E-state index in [0.29, 0.717) is 13.0 Å². The van der Waals surface area contributed by atoms with Gasteiger partial charge in [0.1, 0.15) is 5.78 Å². The molecule has 0 aromatic rings. The van der Waals surface area contributed by atoms with Crippen LogP contribution < -0.4 is 0 Å². The molecule has 0 unspecified atom stereocenters. The third-order valence-electron chi connectivity index (χ3n) is 2.93. The van der Waals surface area contributed by atoms with Crippen LogP contribution in [0, 0.1) is 11.3 Å². The minimum absolute atomic E-state index is 0.000855. The maximum absolute atomic E-state index is 11.1. The van der Waals surface area contributed by atoms with Crippen molar-refractivity contribution in [1.29, 1.82) is 5.26 Å². The molecule has 0 radical (unpaired) electrons. The monoisotopic (exact) mass is 227 g/mol. The second kappa shape index (κ2) is 5.43. The Labute approximate surface area is 93.6 Å². The maximum atomic E-state index is 11.1. The number of Topliss-reactive ketones (excluding diaryl/α,β-unsaturated/α-hetero) is 1. The minimum atomic E-state index is -1.73. The first-order valence-corrected chi connectivity index (χ1v) is 8.14. The van der Waals surface area contributed by atoms with Crippen molar-refractivity contribution in [2.45, 2.75) is 51.7 Å². The first-order valence-electron chi connectivity index (χ1n) is 5.23. The van der Waals surface area contributed by atoms with Gasteiger partial charge in [-0.1, -0.05) is 20.8 Å². The van der Waals surface area contributed by atoms with Crippen LogP contribution in [0.15, 0.2) is 0 Å². The third-order valence-corrected chi connectivity index (χ3v) is 7.46. The highest BCUT2D eigenvalue weighted by atomic mass is 28.4. The summed E-state index contributed by atoms with van der Waals surface area (Å²) in [6.45, 7) is 11.3. The van der Waals surface area contributed by atoms with Crippen LogP contribution in [0.2, 0.25) is 18.1 Å². The van der Waals surface area contributed by atoms with Crippen LogP contribution in [-0.4, -0.2) is 20.7 Å². The number of carbonyl (C=O) groups excluding carboxylic acids is 1. The molecule has 0 saturated carbocycles. The van der Waals surface area contributed by atoms with Gasteiger partial charge in [-0.05, 0) is 18.1 Å². The molecule has 0 aliphatic carbocycles. The van der Waals surface area contributed by atoms with Crippen LogP contribution in [0.1, 0.15) is 33.6 Å². The fourth-order valence-electron chi connectivity index (χ4n) is 0.813. The maximum Gasteiger partial charge on any atom is 0.191 e. The summed E-state index contributed by atoms with van der Waals surface area (Å²) in [5, 5.41) is 8.49. The second-order valence-corrected chi connectivity index (χ2v) is 10.0. The Hall–Kier alpha value is -0.663. The van der Waals surface area contributed by atoms with Crippen molar-refractivity contribution in [1.82, 2.24) is 0 Å². The molecule has 86 valence electrons. The molecule has 0 rings (SSSR count). The van der Waals surface area contributed by atoms with Crippen molar-refractivity contribution < 1.29 is 9.22 Å². The van der Waals surface area contributed by atoms with E-state index in [2.05, 4.69) is 33.9 Å². The summed E-state index contributed by atoms with van der Waals surface area (Å²) in [5.41, 5.74) is 0. The van der Waals surface area contributed by atoms with Gasteiger partial charge >= 0.3 is 0 Å². The van der Waals surface area contributed by atoms with Crippen LogP contribution in [0.4, 0.5) is 0 Å². The minimum Gasteiger partial charge on any atom is -0.416 e. The van der Waals surface area contributed by atoms with Gasteiger partial charge in [-0.2, -0.15) is 5.26 Å². The Bertz CT molecular complexity index is 261. The SMILES string of the molecule is CC(C)(C)[Si](C)(C)OCCC(=O)CC#N. The van der Waals surface area contributed by atoms with Gasteiger partial charge in [-0.3, -0.25) is 4.79 Å². The second-order valence-electron chi connectivity index (χ2n) is 5.23. The fraction of sp³-hybridized carbons (Fsp3) is 0.818. The molecule has 0 aliphatic heterocycles. The highest BCUT2D eigenvalue weighted by molar-refractivity contribution is 6.74. The normalized spacial score (nSPS) is 12.3. The van der Waals surface area contributed by atoms with Crippen LogP contribution in [-0.2, 0) is 9.22 Å². The summed E-state index contributed by atoms with van der Waals surface area (Å²) in [4.78, 5) is 11.1. The Balaban J connectivity index is 3.97. The van der Waals surface area contributed by atoms with Gasteiger partial charge in [0, 0.05) is 13.0 Å². The zero-order chi connectivity index (χ0) is 12.1. The number of hydrogen-bond acceptors (Lipinski definition) is 3. The Kier molecular flexibility index (Phi) is 5.19. The van der Waals surface area contributed by atoms with Gasteiger partial charge in [-0.25, -0.2) is 0 Å². The molecule has 0 N–H and O–H groups in total. The van der Waals surface area contributed by atoms with Gasteiger partial charge in [0.05, 0.1) is 12.5 Å². The largest absolute Gasteiger partial charge is 0.416 e. The number of ketones is 1. The number of nitriles is 1. The summed E-state index contributed by atoms with van der Waals surface area (Å²) < 4.78 is 5.82. The molecule has 4 heteroatoms. The molecule has 0 amide bonds. The van der Waals surface area contributed by atoms with E-state index < -0.39 is 8.32 Å². The quantitative estimate of drug-likeness (QED) is 0.679. The Morgan fingerprint density at radius 1 is 1.40 bits per heavy atom. The highest BCUT2D eigenvalue weighted by Gasteiger charge is 2.36. The molecule has 0 atom stereocenters. The molecule has 0 heterocycles. The first kappa shape index (κ1) is 14.3. The van der Waals surface area contributed by atoms with E-state index in [1.54, 1.807) is 0 Å². The lowest BCUT2D eigenvalue weighted by Crippen LogP contribution is -2.41. The van der Waals surface area contributed by atoms with Gasteiger partial charge in [0.15, 0.2) is 8.32 Å². The smallest absolute Gasteiger partial charge is 0.191 e. The van der Waals surface area contributed by atoms with Crippen molar-refractivity contribution in [2.75, 3.05) is 6.61 Å². The number of nitrogens with zero attached hydrogens (tertiary/aromatic N) is 1. The molecule has 0 aromatic carbocycles. The molecular weight excluding hydrogens is 206 g/mol. The van der Waals surface area contributed by atoms with Gasteiger partial charge < -0.3 is 4.43 Å². The third kappa shape index (κ3) is 5.10. The lowest BCUT2D eigenvalue weighted by atomic mass is 10.2. The molecule has 0 bridgehead atoms. The molecular formula is C11H21NO2Si. The summed E-state index contributed by atoms with van der Waals surface area (Å²) in [6.07, 6.45) is 0.362. The number of rotatable bonds is 5. The van der Waals surface area contributed by atoms with E-state index >= 15 is 0 Å². The fourth-order valence-corrected chi connectivity index (χ4v) is 1.86. The summed E-state index contributed by atoms with van der Waals surface area (Å²) in [5.74, 6) is -0.0313. The van der Waals surface area contributed by atoms with E-state index in [1.807, 2.05) is 6.07 Å². The van der Waals surface area contributed by atoms with E-state index in [-0.39, 0.29) is 17.2 Å². The Morgan fingerprint density at radius 3 is 2.33 bits per heavy atom. The lowest BCUT2D eigenvalue weighted by Gasteiger charge is -2.36. The van der Waals surface area contributed by atoms with Crippen molar-refractivity contribution in [3.05, 3.63) is 0 Å². The van der Waals surface area contributed by atoms with Crippen LogP contribution in [0.25, 0.3) is 0 Å². The van der Waals surface area contributed by atoms with Gasteiger partial charge in [-0.15, -0.1) is 0 Å². The van der Waals surface area contributed by atoms with Crippen LogP contribution in [0.5, 0.6) is 0 Å². The van der Waals surface area contributed by atoms with Crippen LogP contribution in [0.3, 0.4) is 0 Å². The molecule has 15 heavy (non-hydrogen) atoms. The lowest BCUT2D eigenvalue weighted by molar-refractivity contribution is -0.118. The zero-order valence-electron chi connectivity index (χ0n) is 10.4. The highest BCUT2D eigenvalue weighted by Crippen LogP contribution is 2.36. The predicted molar refractivity (Wildman–Crippen MR) is 63.0 cm³/mol. The molecule has 0 fully saturated rings. The van der Waals surface area contributed by atoms with Crippen molar-refractivity contribution in [3.8, 4) is 6.07 Å². The molecule has 0 aliphatic rings. The first-order chi connectivity index (χ1) is 6.70. The average molecular weight is 227 g/mol. The van der Waals surface area contributed by atoms with Crippen molar-refractivity contribution in [2.24, 2.45) is 0 Å². The predicted octanol–water partition coefficient (Wildman–Crippen LogP) is 2.88. The van der Waals surface area contributed by atoms with E-state index in [9.17, 15) is 4.79 Å². The summed E-state index contributed by atoms with van der Waals surface area (Å²) >= 11 is 0. The molecule has 0 saturated heterocycles. The van der Waals surface area contributed by atoms with Gasteiger partial charge in [0.25, 0.3) is 0 Å². The summed E-state index contributed by atoms with van der Waals surface area (Å²) in [6, 6.07) is 1.85. The number of hydrogen-bond donors (Lipinski definition) is 0. The number of carbonyl (C=O) groups is 1. The van der Waals surface area contributed by atoms with Gasteiger partial charge in [0.2, 0.25) is 0 Å². The van der Waals surface area contributed by atoms with Crippen LogP contribution >= 0.6 is 0 Å². The van der Waals surface area contributed by atoms with E-state index in [1.165, 1.54) is 0 Å². The molecule has 3 nitrogen and oxygen atoms in total. The van der Waals surface area contributed by atoms with E-state index in [4.69, 9.17) is 9.69 Å². The average Bonchev–Trinajstić information content (AvgIpc) is 2.01. The van der Waals surface area contributed by atoms with E-state index in [0.717, 1.165) is 0 Å². The Morgan fingerprint density at radius 2 is 1.93 bits per heavy atom. The summed E-state index contributed by atoms with van der Waals surface area (Å²) in [7, 11) is -1.73. The zero-order valence-corrected chi connectivity index (χ0v) is 11.4. The van der Waals surface area contributed by atoms with Crippen molar-refractivity contribution >= 4 is 14.1 Å². The molecule has 0 spiro atoms. The van der Waals surface area contributed by atoms with Crippen molar-refractivity contribution in [3.63, 3.8) is 0 Å².